The van der Waals surface area contributed by atoms with Gasteiger partial charge in [-0.2, -0.15) is 0 Å². The summed E-state index contributed by atoms with van der Waals surface area (Å²) in [5.74, 6) is -1.11. The molecule has 108 valence electrons. The van der Waals surface area contributed by atoms with Crippen molar-refractivity contribution in [1.82, 2.24) is 24.5 Å². The van der Waals surface area contributed by atoms with E-state index in [9.17, 15) is 4.79 Å². The Hall–Kier alpha value is -2.22. The van der Waals surface area contributed by atoms with Gasteiger partial charge in [-0.3, -0.25) is 0 Å². The van der Waals surface area contributed by atoms with Gasteiger partial charge in [-0.05, 0) is 13.8 Å². The van der Waals surface area contributed by atoms with E-state index in [4.69, 9.17) is 9.84 Å². The average Bonchev–Trinajstić information content (AvgIpc) is 2.98. The van der Waals surface area contributed by atoms with Gasteiger partial charge in [-0.25, -0.2) is 14.5 Å². The Bertz CT molecular complexity index is 602. The molecule has 2 aromatic rings. The van der Waals surface area contributed by atoms with Gasteiger partial charge in [0.2, 0.25) is 0 Å². The first-order valence-corrected chi connectivity index (χ1v) is 6.19. The molecule has 0 saturated heterocycles. The van der Waals surface area contributed by atoms with Crippen LogP contribution in [0.1, 0.15) is 41.8 Å². The number of hydrogen-bond donors (Lipinski definition) is 1. The lowest BCUT2D eigenvalue weighted by molar-refractivity contribution is 0.0684. The number of ether oxygens (including phenoxy) is 1. The van der Waals surface area contributed by atoms with Crippen LogP contribution in [0, 0.1) is 0 Å². The van der Waals surface area contributed by atoms with Crippen molar-refractivity contribution in [3.8, 4) is 0 Å². The third kappa shape index (κ3) is 2.69. The molecule has 0 saturated carbocycles. The highest BCUT2D eigenvalue weighted by molar-refractivity contribution is 5.86. The number of hydrogen-bond acceptors (Lipinski definition) is 5. The summed E-state index contributed by atoms with van der Waals surface area (Å²) < 4.78 is 8.56. The van der Waals surface area contributed by atoms with Gasteiger partial charge in [-0.1, -0.05) is 5.21 Å². The Balaban J connectivity index is 2.33. The topological polar surface area (TPSA) is 95.1 Å². The second-order valence-corrected chi connectivity index (χ2v) is 4.67. The standard InChI is InChI=1S/C12H17N5O3/c1-8(2)16-7-13-4-9(16)5-17-10(6-20-3)11(12(18)19)14-15-17/h4,7-8H,5-6H2,1-3H3,(H,18,19). The SMILES string of the molecule is COCc1c(C(=O)O)nnn1Cc1cncn1C(C)C. The van der Waals surface area contributed by atoms with Crippen LogP contribution >= 0.6 is 0 Å². The maximum Gasteiger partial charge on any atom is 0.358 e. The van der Waals surface area contributed by atoms with Gasteiger partial charge in [0.05, 0.1) is 37.1 Å². The van der Waals surface area contributed by atoms with Crippen molar-refractivity contribution in [1.29, 1.82) is 0 Å². The zero-order valence-corrected chi connectivity index (χ0v) is 11.6. The molecule has 0 spiro atoms. The quantitative estimate of drug-likeness (QED) is 0.845. The summed E-state index contributed by atoms with van der Waals surface area (Å²) in [6.07, 6.45) is 3.48. The molecule has 2 heterocycles. The van der Waals surface area contributed by atoms with E-state index in [2.05, 4.69) is 15.3 Å². The summed E-state index contributed by atoms with van der Waals surface area (Å²) in [5.41, 5.74) is 1.29. The van der Waals surface area contributed by atoms with Crippen LogP contribution in [-0.4, -0.2) is 42.7 Å². The van der Waals surface area contributed by atoms with Gasteiger partial charge in [0.1, 0.15) is 0 Å². The highest BCUT2D eigenvalue weighted by atomic mass is 16.5. The Morgan fingerprint density at radius 1 is 1.50 bits per heavy atom. The molecule has 0 aliphatic carbocycles. The van der Waals surface area contributed by atoms with Crippen molar-refractivity contribution in [2.45, 2.75) is 33.0 Å². The molecule has 0 bridgehead atoms. The number of rotatable bonds is 6. The number of methoxy groups -OCH3 is 1. The van der Waals surface area contributed by atoms with E-state index < -0.39 is 5.97 Å². The van der Waals surface area contributed by atoms with Gasteiger partial charge in [0, 0.05) is 13.2 Å². The van der Waals surface area contributed by atoms with Crippen molar-refractivity contribution in [2.24, 2.45) is 0 Å². The maximum atomic E-state index is 11.1. The molecule has 0 fully saturated rings. The zero-order valence-electron chi connectivity index (χ0n) is 11.6. The summed E-state index contributed by atoms with van der Waals surface area (Å²) in [4.78, 5) is 15.2. The summed E-state index contributed by atoms with van der Waals surface area (Å²) in [6.45, 7) is 4.64. The first-order chi connectivity index (χ1) is 9.54. The maximum absolute atomic E-state index is 11.1. The number of imidazole rings is 1. The number of aromatic carboxylic acids is 1. The summed E-state index contributed by atoms with van der Waals surface area (Å²) in [6, 6.07) is 0.265. The molecule has 20 heavy (non-hydrogen) atoms. The molecule has 0 aliphatic rings. The molecule has 0 aromatic carbocycles. The van der Waals surface area contributed by atoms with Crippen LogP contribution in [0.25, 0.3) is 0 Å². The van der Waals surface area contributed by atoms with Crippen LogP contribution < -0.4 is 0 Å². The Morgan fingerprint density at radius 3 is 2.85 bits per heavy atom. The van der Waals surface area contributed by atoms with E-state index in [1.54, 1.807) is 12.5 Å². The molecule has 0 unspecified atom stereocenters. The number of aromatic nitrogens is 5. The van der Waals surface area contributed by atoms with E-state index in [1.165, 1.54) is 11.8 Å². The molecule has 8 nitrogen and oxygen atoms in total. The fraction of sp³-hybridized carbons (Fsp3) is 0.500. The lowest BCUT2D eigenvalue weighted by Gasteiger charge is -2.12. The molecule has 0 atom stereocenters. The normalized spacial score (nSPS) is 11.2. The van der Waals surface area contributed by atoms with Crippen LogP contribution in [0.15, 0.2) is 12.5 Å². The Labute approximate surface area is 116 Å². The zero-order chi connectivity index (χ0) is 14.7. The van der Waals surface area contributed by atoms with Crippen LogP contribution in [0.3, 0.4) is 0 Å². The minimum Gasteiger partial charge on any atom is -0.476 e. The van der Waals surface area contributed by atoms with E-state index in [0.29, 0.717) is 12.2 Å². The molecule has 0 aliphatic heterocycles. The molecule has 2 aromatic heterocycles. The van der Waals surface area contributed by atoms with E-state index in [0.717, 1.165) is 5.69 Å². The van der Waals surface area contributed by atoms with Gasteiger partial charge in [0.25, 0.3) is 0 Å². The predicted molar refractivity (Wildman–Crippen MR) is 69.4 cm³/mol. The first-order valence-electron chi connectivity index (χ1n) is 6.19. The minimum absolute atomic E-state index is 0.0811. The Kier molecular flexibility index (Phi) is 4.14. The molecule has 0 radical (unpaired) electrons. The minimum atomic E-state index is -1.11. The molecule has 1 N–H and O–H groups in total. The lowest BCUT2D eigenvalue weighted by Crippen LogP contribution is -2.13. The van der Waals surface area contributed by atoms with Crippen LogP contribution in [0.4, 0.5) is 0 Å². The van der Waals surface area contributed by atoms with Crippen molar-refractivity contribution in [2.75, 3.05) is 7.11 Å². The summed E-state index contributed by atoms with van der Waals surface area (Å²) in [7, 11) is 1.50. The second kappa shape index (κ2) is 5.83. The number of carboxylic acids is 1. The second-order valence-electron chi connectivity index (χ2n) is 4.67. The Morgan fingerprint density at radius 2 is 2.25 bits per heavy atom. The van der Waals surface area contributed by atoms with Gasteiger partial charge in [-0.15, -0.1) is 5.10 Å². The predicted octanol–water partition coefficient (Wildman–Crippen LogP) is 0.948. The van der Waals surface area contributed by atoms with Crippen molar-refractivity contribution < 1.29 is 14.6 Å². The van der Waals surface area contributed by atoms with Gasteiger partial charge >= 0.3 is 5.97 Å². The third-order valence-electron chi connectivity index (χ3n) is 2.94. The molecular weight excluding hydrogens is 262 g/mol. The largest absolute Gasteiger partial charge is 0.476 e. The highest BCUT2D eigenvalue weighted by Gasteiger charge is 2.19. The lowest BCUT2D eigenvalue weighted by atomic mass is 10.3. The van der Waals surface area contributed by atoms with Crippen LogP contribution in [0.2, 0.25) is 0 Å². The third-order valence-corrected chi connectivity index (χ3v) is 2.94. The fourth-order valence-corrected chi connectivity index (χ4v) is 1.98. The van der Waals surface area contributed by atoms with Crippen molar-refractivity contribution >= 4 is 5.97 Å². The number of carboxylic acid groups (broad SMARTS) is 1. The van der Waals surface area contributed by atoms with E-state index in [1.807, 2.05) is 18.4 Å². The summed E-state index contributed by atoms with van der Waals surface area (Å²) in [5, 5.41) is 16.7. The van der Waals surface area contributed by atoms with Gasteiger partial charge in [0.15, 0.2) is 5.69 Å². The number of carbonyl (C=O) groups is 1. The first kappa shape index (κ1) is 14.2. The molecular formula is C12H17N5O3. The smallest absolute Gasteiger partial charge is 0.358 e. The molecule has 2 rings (SSSR count). The van der Waals surface area contributed by atoms with E-state index in [-0.39, 0.29) is 18.3 Å². The fourth-order valence-electron chi connectivity index (χ4n) is 1.98. The number of nitrogens with zero attached hydrogens (tertiary/aromatic N) is 5. The van der Waals surface area contributed by atoms with E-state index >= 15 is 0 Å². The molecule has 0 amide bonds. The van der Waals surface area contributed by atoms with Crippen molar-refractivity contribution in [3.63, 3.8) is 0 Å². The van der Waals surface area contributed by atoms with Crippen molar-refractivity contribution in [3.05, 3.63) is 29.6 Å². The molecule has 8 heteroatoms. The van der Waals surface area contributed by atoms with Crippen LogP contribution in [0.5, 0.6) is 0 Å². The summed E-state index contributed by atoms with van der Waals surface area (Å²) >= 11 is 0. The average molecular weight is 279 g/mol. The van der Waals surface area contributed by atoms with Crippen LogP contribution in [-0.2, 0) is 17.9 Å². The van der Waals surface area contributed by atoms with Gasteiger partial charge < -0.3 is 14.4 Å². The monoisotopic (exact) mass is 279 g/mol. The highest BCUT2D eigenvalue weighted by Crippen LogP contribution is 2.13.